The molecule has 2 heterocycles. The van der Waals surface area contributed by atoms with E-state index < -0.39 is 5.60 Å². The average molecular weight is 274 g/mol. The first-order valence-electron chi connectivity index (χ1n) is 7.35. The van der Waals surface area contributed by atoms with Gasteiger partial charge in [0, 0.05) is 30.9 Å². The number of piperidine rings is 1. The Hall–Kier alpha value is -1.58. The standard InChI is InChI=1S/C16H22N2O2/c1-16(2,3)20-15(19)18-10-12-6-7-13(18)14(12)11-5-4-8-17-9-11/h4-5,8-9,12-14H,6-7,10H2,1-3H3/t12-,13-,14+/m1/s1. The third kappa shape index (κ3) is 2.39. The molecule has 3 atom stereocenters. The van der Waals surface area contributed by atoms with Crippen LogP contribution in [0, 0.1) is 5.92 Å². The van der Waals surface area contributed by atoms with Crippen LogP contribution in [0.1, 0.15) is 45.1 Å². The molecule has 4 nitrogen and oxygen atoms in total. The number of carbonyl (C=O) groups excluding carboxylic acids is 1. The highest BCUT2D eigenvalue weighted by molar-refractivity contribution is 5.69. The van der Waals surface area contributed by atoms with Crippen molar-refractivity contribution < 1.29 is 9.53 Å². The molecular weight excluding hydrogens is 252 g/mol. The lowest BCUT2D eigenvalue weighted by Gasteiger charge is -2.30. The van der Waals surface area contributed by atoms with Gasteiger partial charge in [-0.15, -0.1) is 0 Å². The Morgan fingerprint density at radius 2 is 2.20 bits per heavy atom. The van der Waals surface area contributed by atoms with Gasteiger partial charge in [-0.25, -0.2) is 4.79 Å². The maximum Gasteiger partial charge on any atom is 0.410 e. The Bertz CT molecular complexity index is 495. The van der Waals surface area contributed by atoms with E-state index in [9.17, 15) is 4.79 Å². The second-order valence-electron chi connectivity index (χ2n) is 6.85. The number of pyridine rings is 1. The lowest BCUT2D eigenvalue weighted by Crippen LogP contribution is -2.41. The minimum absolute atomic E-state index is 0.168. The summed E-state index contributed by atoms with van der Waals surface area (Å²) in [6, 6.07) is 4.38. The zero-order chi connectivity index (χ0) is 14.3. The van der Waals surface area contributed by atoms with Crippen molar-refractivity contribution in [2.45, 2.75) is 51.2 Å². The third-order valence-electron chi connectivity index (χ3n) is 4.28. The van der Waals surface area contributed by atoms with Crippen molar-refractivity contribution in [3.05, 3.63) is 30.1 Å². The fraction of sp³-hybridized carbons (Fsp3) is 0.625. The van der Waals surface area contributed by atoms with E-state index >= 15 is 0 Å². The molecule has 0 spiro atoms. The molecule has 1 aromatic heterocycles. The van der Waals surface area contributed by atoms with Crippen LogP contribution >= 0.6 is 0 Å². The first kappa shape index (κ1) is 13.4. The smallest absolute Gasteiger partial charge is 0.410 e. The molecule has 1 aliphatic carbocycles. The molecule has 2 bridgehead atoms. The monoisotopic (exact) mass is 274 g/mol. The highest BCUT2D eigenvalue weighted by Crippen LogP contribution is 2.48. The fourth-order valence-electron chi connectivity index (χ4n) is 3.60. The van der Waals surface area contributed by atoms with E-state index in [-0.39, 0.29) is 12.1 Å². The molecule has 1 aliphatic heterocycles. The van der Waals surface area contributed by atoms with Crippen LogP contribution in [0.5, 0.6) is 0 Å². The van der Waals surface area contributed by atoms with Crippen LogP contribution in [0.25, 0.3) is 0 Å². The molecule has 1 saturated heterocycles. The van der Waals surface area contributed by atoms with Gasteiger partial charge in [0.15, 0.2) is 0 Å². The van der Waals surface area contributed by atoms with Crippen LogP contribution in [0.2, 0.25) is 0 Å². The lowest BCUT2D eigenvalue weighted by atomic mass is 9.91. The van der Waals surface area contributed by atoms with E-state index in [1.807, 2.05) is 37.9 Å². The zero-order valence-electron chi connectivity index (χ0n) is 12.4. The molecule has 0 unspecified atom stereocenters. The molecule has 108 valence electrons. The first-order chi connectivity index (χ1) is 9.46. The van der Waals surface area contributed by atoms with E-state index in [1.165, 1.54) is 12.0 Å². The van der Waals surface area contributed by atoms with Crippen LogP contribution in [0.4, 0.5) is 4.79 Å². The van der Waals surface area contributed by atoms with Gasteiger partial charge in [-0.1, -0.05) is 6.07 Å². The van der Waals surface area contributed by atoms with Crippen LogP contribution in [0.15, 0.2) is 24.5 Å². The van der Waals surface area contributed by atoms with E-state index in [1.54, 1.807) is 6.20 Å². The van der Waals surface area contributed by atoms with Gasteiger partial charge >= 0.3 is 6.09 Å². The van der Waals surface area contributed by atoms with Crippen molar-refractivity contribution in [2.24, 2.45) is 5.92 Å². The average Bonchev–Trinajstić information content (AvgIpc) is 2.95. The predicted octanol–water partition coefficient (Wildman–Crippen LogP) is 3.19. The highest BCUT2D eigenvalue weighted by atomic mass is 16.6. The second-order valence-corrected chi connectivity index (χ2v) is 6.85. The van der Waals surface area contributed by atoms with Crippen molar-refractivity contribution in [1.82, 2.24) is 9.88 Å². The number of nitrogens with zero attached hydrogens (tertiary/aromatic N) is 2. The number of fused-ring (bicyclic) bond motifs is 2. The number of amides is 1. The number of hydrogen-bond acceptors (Lipinski definition) is 3. The highest BCUT2D eigenvalue weighted by Gasteiger charge is 2.50. The van der Waals surface area contributed by atoms with Crippen molar-refractivity contribution in [2.75, 3.05) is 6.54 Å². The molecule has 0 N–H and O–H groups in total. The Morgan fingerprint density at radius 1 is 1.40 bits per heavy atom. The molecule has 0 radical (unpaired) electrons. The molecule has 2 fully saturated rings. The number of hydrogen-bond donors (Lipinski definition) is 0. The van der Waals surface area contributed by atoms with Gasteiger partial charge in [0.05, 0.1) is 0 Å². The van der Waals surface area contributed by atoms with Crippen molar-refractivity contribution in [3.8, 4) is 0 Å². The molecular formula is C16H22N2O2. The first-order valence-corrected chi connectivity index (χ1v) is 7.35. The van der Waals surface area contributed by atoms with E-state index in [0.29, 0.717) is 11.8 Å². The van der Waals surface area contributed by atoms with Crippen LogP contribution in [0.3, 0.4) is 0 Å². The maximum absolute atomic E-state index is 12.3. The van der Waals surface area contributed by atoms with Crippen molar-refractivity contribution in [1.29, 1.82) is 0 Å². The van der Waals surface area contributed by atoms with Crippen molar-refractivity contribution in [3.63, 3.8) is 0 Å². The fourth-order valence-corrected chi connectivity index (χ4v) is 3.60. The largest absolute Gasteiger partial charge is 0.444 e. The molecule has 2 aliphatic rings. The summed E-state index contributed by atoms with van der Waals surface area (Å²) in [5.41, 5.74) is 0.828. The van der Waals surface area contributed by atoms with E-state index in [2.05, 4.69) is 11.1 Å². The molecule has 3 rings (SSSR count). The molecule has 4 heteroatoms. The SMILES string of the molecule is CC(C)(C)OC(=O)N1C[C@H]2CC[C@@H]1[C@H]2c1cccnc1. The molecule has 0 aromatic carbocycles. The number of aromatic nitrogens is 1. The minimum Gasteiger partial charge on any atom is -0.444 e. The molecule has 20 heavy (non-hydrogen) atoms. The summed E-state index contributed by atoms with van der Waals surface area (Å²) in [6.07, 6.45) is 5.84. The van der Waals surface area contributed by atoms with Crippen molar-refractivity contribution >= 4 is 6.09 Å². The van der Waals surface area contributed by atoms with E-state index in [4.69, 9.17) is 4.74 Å². The molecule has 1 saturated carbocycles. The number of rotatable bonds is 1. The van der Waals surface area contributed by atoms with E-state index in [0.717, 1.165) is 13.0 Å². The van der Waals surface area contributed by atoms with Gasteiger partial charge in [-0.2, -0.15) is 0 Å². The lowest BCUT2D eigenvalue weighted by molar-refractivity contribution is 0.0187. The van der Waals surface area contributed by atoms with Gasteiger partial charge in [0.2, 0.25) is 0 Å². The summed E-state index contributed by atoms with van der Waals surface area (Å²) in [5, 5.41) is 0. The van der Waals surface area contributed by atoms with Gasteiger partial charge in [-0.05, 0) is 51.2 Å². The zero-order valence-corrected chi connectivity index (χ0v) is 12.4. The Labute approximate surface area is 120 Å². The molecule has 1 amide bonds. The van der Waals surface area contributed by atoms with Gasteiger partial charge in [0.1, 0.15) is 5.60 Å². The normalized spacial score (nSPS) is 28.8. The molecule has 1 aromatic rings. The summed E-state index contributed by atoms with van der Waals surface area (Å²) in [4.78, 5) is 18.5. The quantitative estimate of drug-likeness (QED) is 0.789. The third-order valence-corrected chi connectivity index (χ3v) is 4.28. The maximum atomic E-state index is 12.3. The Kier molecular flexibility index (Phi) is 3.19. The summed E-state index contributed by atoms with van der Waals surface area (Å²) >= 11 is 0. The second kappa shape index (κ2) is 4.76. The van der Waals surface area contributed by atoms with Crippen LogP contribution in [-0.4, -0.2) is 34.2 Å². The predicted molar refractivity (Wildman–Crippen MR) is 76.4 cm³/mol. The summed E-state index contributed by atoms with van der Waals surface area (Å²) in [5.74, 6) is 0.980. The topological polar surface area (TPSA) is 42.4 Å². The number of carbonyl (C=O) groups is 1. The van der Waals surface area contributed by atoms with Gasteiger partial charge in [0.25, 0.3) is 0 Å². The number of likely N-dealkylation sites (tertiary alicyclic amines) is 1. The van der Waals surface area contributed by atoms with Crippen LogP contribution < -0.4 is 0 Å². The summed E-state index contributed by atoms with van der Waals surface area (Å²) in [6.45, 7) is 6.56. The summed E-state index contributed by atoms with van der Waals surface area (Å²) in [7, 11) is 0. The van der Waals surface area contributed by atoms with Crippen LogP contribution in [-0.2, 0) is 4.74 Å². The van der Waals surface area contributed by atoms with Gasteiger partial charge < -0.3 is 9.64 Å². The minimum atomic E-state index is -0.428. The summed E-state index contributed by atoms with van der Waals surface area (Å²) < 4.78 is 5.53. The Balaban J connectivity index is 1.77. The van der Waals surface area contributed by atoms with Gasteiger partial charge in [-0.3, -0.25) is 4.98 Å². The Morgan fingerprint density at radius 3 is 2.85 bits per heavy atom. The number of ether oxygens (including phenoxy) is 1.